The Morgan fingerprint density at radius 3 is 2.27 bits per heavy atom. The summed E-state index contributed by atoms with van der Waals surface area (Å²) in [6.07, 6.45) is -2.45. The van der Waals surface area contributed by atoms with Gasteiger partial charge in [0, 0.05) is 12.3 Å². The number of alkyl halides is 3. The fraction of sp³-hybridized carbons (Fsp3) is 0.900. The summed E-state index contributed by atoms with van der Waals surface area (Å²) in [5, 5.41) is 0. The molecule has 0 aromatic rings. The van der Waals surface area contributed by atoms with Crippen molar-refractivity contribution in [2.24, 2.45) is 5.92 Å². The molecule has 2 saturated carbocycles. The molecule has 0 bridgehead atoms. The minimum Gasteiger partial charge on any atom is -0.352 e. The van der Waals surface area contributed by atoms with E-state index in [0.29, 0.717) is 12.8 Å². The van der Waals surface area contributed by atoms with Crippen molar-refractivity contribution in [2.75, 3.05) is 0 Å². The number of rotatable bonds is 3. The van der Waals surface area contributed by atoms with Crippen LogP contribution in [0.4, 0.5) is 13.2 Å². The molecule has 1 aliphatic heterocycles. The van der Waals surface area contributed by atoms with E-state index in [9.17, 15) is 18.0 Å². The second kappa shape index (κ2) is 2.39. The van der Waals surface area contributed by atoms with Gasteiger partial charge < -0.3 is 4.74 Å². The van der Waals surface area contributed by atoms with E-state index in [-0.39, 0.29) is 11.7 Å². The van der Waals surface area contributed by atoms with Crippen LogP contribution in [-0.2, 0) is 9.53 Å². The molecule has 3 aliphatic rings. The first kappa shape index (κ1) is 9.63. The molecule has 0 radical (unpaired) electrons. The Bertz CT molecular complexity index is 328. The molecule has 2 aliphatic carbocycles. The molecule has 1 saturated heterocycles. The van der Waals surface area contributed by atoms with E-state index >= 15 is 0 Å². The molecule has 1 atom stereocenters. The van der Waals surface area contributed by atoms with E-state index in [1.165, 1.54) is 0 Å². The van der Waals surface area contributed by atoms with Crippen LogP contribution in [0.25, 0.3) is 0 Å². The molecule has 2 nitrogen and oxygen atoms in total. The molecular formula is C10H11F3O2. The SMILES string of the molecule is O=C(CC1(C(F)(F)F)OC12CC2)C1CC1. The van der Waals surface area contributed by atoms with Crippen molar-refractivity contribution in [1.29, 1.82) is 0 Å². The molecule has 3 rings (SSSR count). The number of carbonyl (C=O) groups is 1. The molecular weight excluding hydrogens is 209 g/mol. The van der Waals surface area contributed by atoms with E-state index in [2.05, 4.69) is 0 Å². The lowest BCUT2D eigenvalue weighted by Gasteiger charge is -2.15. The molecule has 1 heterocycles. The van der Waals surface area contributed by atoms with Crippen molar-refractivity contribution in [1.82, 2.24) is 0 Å². The number of ether oxygens (including phenoxy) is 1. The van der Waals surface area contributed by atoms with Crippen LogP contribution < -0.4 is 0 Å². The summed E-state index contributed by atoms with van der Waals surface area (Å²) in [5.41, 5.74) is -3.12. The second-order valence-electron chi connectivity index (χ2n) is 4.84. The number of carbonyl (C=O) groups excluding carboxylic acids is 1. The van der Waals surface area contributed by atoms with Crippen LogP contribution in [0.5, 0.6) is 0 Å². The topological polar surface area (TPSA) is 29.6 Å². The zero-order chi connectivity index (χ0) is 10.9. The maximum Gasteiger partial charge on any atom is 0.420 e. The van der Waals surface area contributed by atoms with Gasteiger partial charge in [-0.15, -0.1) is 0 Å². The Hall–Kier alpha value is -0.580. The van der Waals surface area contributed by atoms with Crippen molar-refractivity contribution in [3.05, 3.63) is 0 Å². The van der Waals surface area contributed by atoms with Crippen LogP contribution in [-0.4, -0.2) is 23.2 Å². The molecule has 3 fully saturated rings. The van der Waals surface area contributed by atoms with Gasteiger partial charge in [0.05, 0.1) is 0 Å². The molecule has 0 amide bonds. The van der Waals surface area contributed by atoms with E-state index in [4.69, 9.17) is 4.74 Å². The highest BCUT2D eigenvalue weighted by Gasteiger charge is 2.87. The summed E-state index contributed by atoms with van der Waals surface area (Å²) < 4.78 is 43.3. The second-order valence-corrected chi connectivity index (χ2v) is 4.84. The molecule has 15 heavy (non-hydrogen) atoms. The van der Waals surface area contributed by atoms with Gasteiger partial charge in [-0.1, -0.05) is 0 Å². The average molecular weight is 220 g/mol. The molecule has 1 unspecified atom stereocenters. The maximum atomic E-state index is 12.8. The van der Waals surface area contributed by atoms with E-state index in [1.54, 1.807) is 0 Å². The molecule has 0 aromatic heterocycles. The van der Waals surface area contributed by atoms with Gasteiger partial charge in [-0.05, 0) is 25.7 Å². The third-order valence-corrected chi connectivity index (χ3v) is 3.68. The number of ketones is 1. The summed E-state index contributed by atoms with van der Waals surface area (Å²) in [4.78, 5) is 11.4. The standard InChI is InChI=1S/C10H11F3O2/c11-10(12,13)9(8(15-9)3-4-8)5-7(14)6-1-2-6/h6H,1-5H2. The van der Waals surface area contributed by atoms with Gasteiger partial charge in [-0.3, -0.25) is 4.79 Å². The highest BCUT2D eigenvalue weighted by molar-refractivity contribution is 5.85. The van der Waals surface area contributed by atoms with Crippen LogP contribution in [0.3, 0.4) is 0 Å². The Labute approximate surface area is 84.8 Å². The first-order chi connectivity index (χ1) is 6.90. The smallest absolute Gasteiger partial charge is 0.352 e. The third kappa shape index (κ3) is 1.19. The van der Waals surface area contributed by atoms with Crippen molar-refractivity contribution in [2.45, 2.75) is 49.5 Å². The van der Waals surface area contributed by atoms with Crippen LogP contribution >= 0.6 is 0 Å². The number of hydrogen-bond donors (Lipinski definition) is 0. The lowest BCUT2D eigenvalue weighted by molar-refractivity contribution is -0.187. The predicted molar refractivity (Wildman–Crippen MR) is 44.2 cm³/mol. The zero-order valence-electron chi connectivity index (χ0n) is 8.06. The maximum absolute atomic E-state index is 12.8. The van der Waals surface area contributed by atoms with Gasteiger partial charge in [0.1, 0.15) is 11.4 Å². The lowest BCUT2D eigenvalue weighted by Crippen LogP contribution is -2.38. The predicted octanol–water partition coefficient (Wildman–Crippen LogP) is 2.22. The van der Waals surface area contributed by atoms with Gasteiger partial charge in [0.25, 0.3) is 0 Å². The van der Waals surface area contributed by atoms with Crippen LogP contribution in [0.2, 0.25) is 0 Å². The van der Waals surface area contributed by atoms with Gasteiger partial charge in [0.15, 0.2) is 5.60 Å². The Balaban J connectivity index is 1.78. The van der Waals surface area contributed by atoms with Crippen molar-refractivity contribution in [3.8, 4) is 0 Å². The first-order valence-corrected chi connectivity index (χ1v) is 5.20. The molecule has 0 aromatic carbocycles. The number of Topliss-reactive ketones (excluding diaryl/α,β-unsaturated/α-hetero) is 1. The van der Waals surface area contributed by atoms with Crippen LogP contribution in [0.15, 0.2) is 0 Å². The minimum atomic E-state index is -4.39. The summed E-state index contributed by atoms with van der Waals surface area (Å²) in [5.74, 6) is -0.389. The van der Waals surface area contributed by atoms with Crippen molar-refractivity contribution >= 4 is 5.78 Å². The Morgan fingerprint density at radius 1 is 1.33 bits per heavy atom. The van der Waals surface area contributed by atoms with E-state index < -0.39 is 23.8 Å². The summed E-state index contributed by atoms with van der Waals surface area (Å²) in [6, 6.07) is 0. The Morgan fingerprint density at radius 2 is 1.93 bits per heavy atom. The summed E-state index contributed by atoms with van der Waals surface area (Å²) in [6.45, 7) is 0. The van der Waals surface area contributed by atoms with Gasteiger partial charge in [0.2, 0.25) is 0 Å². The zero-order valence-corrected chi connectivity index (χ0v) is 8.06. The van der Waals surface area contributed by atoms with Gasteiger partial charge in [-0.25, -0.2) is 0 Å². The highest BCUT2D eigenvalue weighted by atomic mass is 19.4. The monoisotopic (exact) mass is 220 g/mol. The van der Waals surface area contributed by atoms with Gasteiger partial charge >= 0.3 is 6.18 Å². The van der Waals surface area contributed by atoms with Crippen molar-refractivity contribution < 1.29 is 22.7 Å². The molecule has 0 N–H and O–H groups in total. The fourth-order valence-corrected chi connectivity index (χ4v) is 2.34. The van der Waals surface area contributed by atoms with Crippen LogP contribution in [0.1, 0.15) is 32.1 Å². The minimum absolute atomic E-state index is 0.121. The molecule has 84 valence electrons. The Kier molecular flexibility index (Phi) is 1.54. The van der Waals surface area contributed by atoms with E-state index in [0.717, 1.165) is 12.8 Å². The van der Waals surface area contributed by atoms with Gasteiger partial charge in [-0.2, -0.15) is 13.2 Å². The van der Waals surface area contributed by atoms with Crippen molar-refractivity contribution in [3.63, 3.8) is 0 Å². The number of hydrogen-bond acceptors (Lipinski definition) is 2. The third-order valence-electron chi connectivity index (χ3n) is 3.68. The van der Waals surface area contributed by atoms with E-state index in [1.807, 2.05) is 0 Å². The number of halogens is 3. The first-order valence-electron chi connectivity index (χ1n) is 5.20. The quantitative estimate of drug-likeness (QED) is 0.682. The number of epoxide rings is 1. The highest BCUT2D eigenvalue weighted by Crippen LogP contribution is 2.71. The normalized spacial score (nSPS) is 36.7. The summed E-state index contributed by atoms with van der Waals surface area (Å²) in [7, 11) is 0. The fourth-order valence-electron chi connectivity index (χ4n) is 2.34. The molecule has 5 heteroatoms. The van der Waals surface area contributed by atoms with Crippen LogP contribution in [0, 0.1) is 5.92 Å². The summed E-state index contributed by atoms with van der Waals surface area (Å²) >= 11 is 0. The molecule has 1 spiro atoms. The largest absolute Gasteiger partial charge is 0.420 e. The lowest BCUT2D eigenvalue weighted by atomic mass is 9.94. The average Bonchev–Trinajstić information content (AvgIpc) is 2.97.